The Labute approximate surface area is 134 Å². The van der Waals surface area contributed by atoms with Gasteiger partial charge in [-0.25, -0.2) is 26.5 Å². The molecule has 1 aromatic rings. The van der Waals surface area contributed by atoms with Gasteiger partial charge in [-0.2, -0.15) is 4.31 Å². The fourth-order valence-electron chi connectivity index (χ4n) is 1.86. The highest BCUT2D eigenvalue weighted by atomic mass is 35.5. The Balaban J connectivity index is 1.93. The van der Waals surface area contributed by atoms with Crippen LogP contribution in [0.15, 0.2) is 23.2 Å². The summed E-state index contributed by atoms with van der Waals surface area (Å²) < 4.78 is 56.7. The number of morpholine rings is 1. The van der Waals surface area contributed by atoms with E-state index in [1.165, 1.54) is 16.4 Å². The Hall–Kier alpha value is -0.780. The van der Waals surface area contributed by atoms with Crippen molar-refractivity contribution < 1.29 is 21.6 Å². The zero-order valence-electron chi connectivity index (χ0n) is 11.6. The Morgan fingerprint density at radius 2 is 1.91 bits per heavy atom. The molecule has 0 unspecified atom stereocenters. The second-order valence-corrected chi connectivity index (χ2v) is 8.78. The van der Waals surface area contributed by atoms with Crippen LogP contribution in [0.1, 0.15) is 0 Å². The monoisotopic (exact) mass is 369 g/mol. The number of nitrogens with one attached hydrogen (secondary N) is 1. The van der Waals surface area contributed by atoms with Gasteiger partial charge in [0.15, 0.2) is 0 Å². The van der Waals surface area contributed by atoms with Crippen LogP contribution in [0.2, 0.25) is 5.15 Å². The van der Waals surface area contributed by atoms with Gasteiger partial charge >= 0.3 is 0 Å². The van der Waals surface area contributed by atoms with Crippen molar-refractivity contribution in [2.75, 3.05) is 38.6 Å². The molecule has 2 rings (SSSR count). The van der Waals surface area contributed by atoms with Gasteiger partial charge in [0.2, 0.25) is 20.0 Å². The lowest BCUT2D eigenvalue weighted by molar-refractivity contribution is 0.0730. The van der Waals surface area contributed by atoms with E-state index < -0.39 is 20.0 Å². The fourth-order valence-corrected chi connectivity index (χ4v) is 4.40. The van der Waals surface area contributed by atoms with Gasteiger partial charge < -0.3 is 4.74 Å². The molecule has 22 heavy (non-hydrogen) atoms. The maximum absolute atomic E-state index is 12.1. The van der Waals surface area contributed by atoms with E-state index >= 15 is 0 Å². The van der Waals surface area contributed by atoms with Crippen molar-refractivity contribution in [2.24, 2.45) is 0 Å². The number of hydrogen-bond acceptors (Lipinski definition) is 6. The van der Waals surface area contributed by atoms with Crippen molar-refractivity contribution in [3.8, 4) is 0 Å². The second kappa shape index (κ2) is 7.20. The SMILES string of the molecule is O=S(=O)(NCCS(=O)(=O)N1CCOCC1)c1ccc(Cl)nc1. The minimum Gasteiger partial charge on any atom is -0.379 e. The molecule has 0 amide bonds. The van der Waals surface area contributed by atoms with E-state index in [0.29, 0.717) is 13.2 Å². The summed E-state index contributed by atoms with van der Waals surface area (Å²) in [6.07, 6.45) is 1.11. The molecule has 2 heterocycles. The average Bonchev–Trinajstić information content (AvgIpc) is 2.48. The number of rotatable bonds is 6. The van der Waals surface area contributed by atoms with Crippen LogP contribution in [-0.4, -0.2) is 64.7 Å². The molecule has 1 N–H and O–H groups in total. The van der Waals surface area contributed by atoms with Crippen molar-refractivity contribution in [1.82, 2.24) is 14.0 Å². The molecule has 0 saturated carbocycles. The molecule has 1 aliphatic rings. The van der Waals surface area contributed by atoms with Crippen LogP contribution >= 0.6 is 11.6 Å². The second-order valence-electron chi connectivity index (χ2n) is 4.54. The lowest BCUT2D eigenvalue weighted by Crippen LogP contribution is -2.43. The predicted molar refractivity (Wildman–Crippen MR) is 80.6 cm³/mol. The maximum Gasteiger partial charge on any atom is 0.242 e. The largest absolute Gasteiger partial charge is 0.379 e. The topological polar surface area (TPSA) is 106 Å². The summed E-state index contributed by atoms with van der Waals surface area (Å²) in [4.78, 5) is 3.61. The first-order chi connectivity index (χ1) is 10.3. The van der Waals surface area contributed by atoms with Crippen LogP contribution in [-0.2, 0) is 24.8 Å². The van der Waals surface area contributed by atoms with Crippen LogP contribution in [0.4, 0.5) is 0 Å². The molecule has 0 aliphatic carbocycles. The third-order valence-electron chi connectivity index (χ3n) is 3.03. The number of aromatic nitrogens is 1. The van der Waals surface area contributed by atoms with Gasteiger partial charge in [-0.15, -0.1) is 0 Å². The number of pyridine rings is 1. The molecular weight excluding hydrogens is 354 g/mol. The molecule has 0 atom stereocenters. The van der Waals surface area contributed by atoms with Crippen LogP contribution in [0, 0.1) is 0 Å². The van der Waals surface area contributed by atoms with Gasteiger partial charge in [0.25, 0.3) is 0 Å². The highest BCUT2D eigenvalue weighted by molar-refractivity contribution is 7.90. The fraction of sp³-hybridized carbons (Fsp3) is 0.545. The Morgan fingerprint density at radius 1 is 1.23 bits per heavy atom. The molecule has 1 aromatic heterocycles. The zero-order chi connectivity index (χ0) is 16.2. The summed E-state index contributed by atoms with van der Waals surface area (Å²) in [6, 6.07) is 2.65. The number of nitrogens with zero attached hydrogens (tertiary/aromatic N) is 2. The van der Waals surface area contributed by atoms with E-state index in [9.17, 15) is 16.8 Å². The molecule has 1 aliphatic heterocycles. The lowest BCUT2D eigenvalue weighted by Gasteiger charge is -2.26. The van der Waals surface area contributed by atoms with Crippen molar-refractivity contribution >= 4 is 31.6 Å². The van der Waals surface area contributed by atoms with E-state index in [1.54, 1.807) is 0 Å². The van der Waals surface area contributed by atoms with E-state index in [0.717, 1.165) is 6.20 Å². The summed E-state index contributed by atoms with van der Waals surface area (Å²) in [6.45, 7) is 1.06. The summed E-state index contributed by atoms with van der Waals surface area (Å²) in [7, 11) is -7.31. The van der Waals surface area contributed by atoms with Crippen LogP contribution < -0.4 is 4.72 Å². The minimum absolute atomic E-state index is 0.0688. The Morgan fingerprint density at radius 3 is 2.50 bits per heavy atom. The number of halogens is 1. The third-order valence-corrected chi connectivity index (χ3v) is 6.57. The molecule has 11 heteroatoms. The maximum atomic E-state index is 12.1. The van der Waals surface area contributed by atoms with Crippen LogP contribution in [0.25, 0.3) is 0 Å². The highest BCUT2D eigenvalue weighted by Gasteiger charge is 2.24. The Bertz CT molecular complexity index is 700. The van der Waals surface area contributed by atoms with Crippen molar-refractivity contribution in [3.05, 3.63) is 23.5 Å². The molecule has 0 spiro atoms. The van der Waals surface area contributed by atoms with Crippen LogP contribution in [0.3, 0.4) is 0 Å². The molecule has 1 saturated heterocycles. The van der Waals surface area contributed by atoms with E-state index in [4.69, 9.17) is 16.3 Å². The minimum atomic E-state index is -3.81. The standard InChI is InChI=1S/C11H16ClN3O5S2/c12-11-2-1-10(9-13-11)22(18,19)14-3-8-21(16,17)15-4-6-20-7-5-15/h1-2,9,14H,3-8H2. The summed E-state index contributed by atoms with van der Waals surface area (Å²) >= 11 is 5.59. The van der Waals surface area contributed by atoms with Crippen molar-refractivity contribution in [2.45, 2.75) is 4.90 Å². The first-order valence-corrected chi connectivity index (χ1v) is 9.95. The molecule has 124 valence electrons. The first-order valence-electron chi connectivity index (χ1n) is 6.48. The summed E-state index contributed by atoms with van der Waals surface area (Å²) in [5.74, 6) is -0.312. The quantitative estimate of drug-likeness (QED) is 0.688. The Kier molecular flexibility index (Phi) is 5.75. The van der Waals surface area contributed by atoms with Gasteiger partial charge in [-0.3, -0.25) is 0 Å². The molecule has 0 aromatic carbocycles. The number of ether oxygens (including phenoxy) is 1. The lowest BCUT2D eigenvalue weighted by atomic mass is 10.5. The van der Waals surface area contributed by atoms with Gasteiger partial charge in [0, 0.05) is 25.8 Å². The van der Waals surface area contributed by atoms with E-state index in [1.807, 2.05) is 0 Å². The number of sulfonamides is 2. The summed E-state index contributed by atoms with van der Waals surface area (Å²) in [5, 5.41) is 0.175. The molecule has 1 fully saturated rings. The van der Waals surface area contributed by atoms with Gasteiger partial charge in [-0.1, -0.05) is 11.6 Å². The highest BCUT2D eigenvalue weighted by Crippen LogP contribution is 2.11. The van der Waals surface area contributed by atoms with E-state index in [-0.39, 0.29) is 35.4 Å². The van der Waals surface area contributed by atoms with E-state index in [2.05, 4.69) is 9.71 Å². The number of hydrogen-bond donors (Lipinski definition) is 1. The predicted octanol–water partition coefficient (Wildman–Crippen LogP) is -0.325. The zero-order valence-corrected chi connectivity index (χ0v) is 14.0. The molecule has 0 radical (unpaired) electrons. The van der Waals surface area contributed by atoms with Gasteiger partial charge in [-0.05, 0) is 12.1 Å². The third kappa shape index (κ3) is 4.61. The van der Waals surface area contributed by atoms with Crippen LogP contribution in [0.5, 0.6) is 0 Å². The first kappa shape index (κ1) is 17.6. The molecule has 0 bridgehead atoms. The van der Waals surface area contributed by atoms with Gasteiger partial charge in [0.1, 0.15) is 10.0 Å². The van der Waals surface area contributed by atoms with Crippen molar-refractivity contribution in [1.29, 1.82) is 0 Å². The smallest absolute Gasteiger partial charge is 0.242 e. The average molecular weight is 370 g/mol. The molecule has 8 nitrogen and oxygen atoms in total. The van der Waals surface area contributed by atoms with Gasteiger partial charge in [0.05, 0.1) is 19.0 Å². The van der Waals surface area contributed by atoms with Crippen molar-refractivity contribution in [3.63, 3.8) is 0 Å². The normalized spacial score (nSPS) is 17.5. The molecular formula is C11H16ClN3O5S2. The summed E-state index contributed by atoms with van der Waals surface area (Å²) in [5.41, 5.74) is 0.